The molecule has 1 saturated heterocycles. The Kier molecular flexibility index (Phi) is 4.75. The van der Waals surface area contributed by atoms with Gasteiger partial charge in [-0.2, -0.15) is 0 Å². The van der Waals surface area contributed by atoms with Crippen molar-refractivity contribution in [1.29, 1.82) is 0 Å². The predicted molar refractivity (Wildman–Crippen MR) is 93.3 cm³/mol. The molecule has 0 bridgehead atoms. The number of rotatable bonds is 3. The van der Waals surface area contributed by atoms with Crippen molar-refractivity contribution in [3.05, 3.63) is 68.5 Å². The normalized spacial score (nSPS) is 17.1. The standard InChI is InChI=1S/C20H22FNO3/c1-12-4-5-15(10-17(12)21)9-16-6-7-22(11-16)20(24)19-13(2)8-18(23)25-14(19)3/h4-5,8,10,16H,6-7,9,11H2,1-3H3. The zero-order valence-corrected chi connectivity index (χ0v) is 14.8. The Balaban J connectivity index is 1.71. The van der Waals surface area contributed by atoms with Crippen molar-refractivity contribution >= 4 is 5.91 Å². The molecule has 5 heteroatoms. The number of amides is 1. The van der Waals surface area contributed by atoms with Crippen molar-refractivity contribution < 1.29 is 13.6 Å². The van der Waals surface area contributed by atoms with Crippen molar-refractivity contribution in [2.45, 2.75) is 33.6 Å². The number of hydrogen-bond donors (Lipinski definition) is 0. The summed E-state index contributed by atoms with van der Waals surface area (Å²) < 4.78 is 18.8. The molecule has 2 heterocycles. The summed E-state index contributed by atoms with van der Waals surface area (Å²) in [5, 5.41) is 0. The summed E-state index contributed by atoms with van der Waals surface area (Å²) in [6.45, 7) is 6.43. The van der Waals surface area contributed by atoms with Crippen molar-refractivity contribution in [2.24, 2.45) is 5.92 Å². The number of carbonyl (C=O) groups is 1. The maximum atomic E-state index is 13.7. The second-order valence-corrected chi connectivity index (χ2v) is 6.87. The Morgan fingerprint density at radius 1 is 1.24 bits per heavy atom. The van der Waals surface area contributed by atoms with Gasteiger partial charge < -0.3 is 9.32 Å². The van der Waals surface area contributed by atoms with Crippen LogP contribution in [0.2, 0.25) is 0 Å². The molecule has 1 amide bonds. The first-order chi connectivity index (χ1) is 11.8. The molecule has 0 spiro atoms. The Hall–Kier alpha value is -2.43. The molecule has 132 valence electrons. The van der Waals surface area contributed by atoms with Gasteiger partial charge in [0.05, 0.1) is 5.56 Å². The van der Waals surface area contributed by atoms with Crippen LogP contribution in [-0.4, -0.2) is 23.9 Å². The SMILES string of the molecule is Cc1ccc(CC2CCN(C(=O)c3c(C)cc(=O)oc3C)C2)cc1F. The molecule has 1 aromatic carbocycles. The maximum Gasteiger partial charge on any atom is 0.336 e. The molecule has 1 aliphatic rings. The Bertz CT molecular complexity index is 845. The highest BCUT2D eigenvalue weighted by molar-refractivity contribution is 5.96. The van der Waals surface area contributed by atoms with Gasteiger partial charge in [0.2, 0.25) is 0 Å². The minimum atomic E-state index is -0.438. The number of nitrogens with zero attached hydrogens (tertiary/aromatic N) is 1. The minimum Gasteiger partial charge on any atom is -0.427 e. The van der Waals surface area contributed by atoms with Crippen LogP contribution in [0.1, 0.15) is 39.2 Å². The van der Waals surface area contributed by atoms with Crippen LogP contribution in [0.4, 0.5) is 4.39 Å². The van der Waals surface area contributed by atoms with Crippen LogP contribution in [-0.2, 0) is 6.42 Å². The van der Waals surface area contributed by atoms with E-state index < -0.39 is 5.63 Å². The fourth-order valence-corrected chi connectivity index (χ4v) is 3.52. The molecule has 0 aliphatic carbocycles. The first-order valence-corrected chi connectivity index (χ1v) is 8.51. The van der Waals surface area contributed by atoms with Gasteiger partial charge in [-0.15, -0.1) is 0 Å². The molecule has 1 unspecified atom stereocenters. The molecule has 1 fully saturated rings. The average Bonchev–Trinajstić information content (AvgIpc) is 2.98. The van der Waals surface area contributed by atoms with E-state index in [4.69, 9.17) is 4.42 Å². The third kappa shape index (κ3) is 3.65. The minimum absolute atomic E-state index is 0.101. The van der Waals surface area contributed by atoms with Crippen LogP contribution in [0.25, 0.3) is 0 Å². The van der Waals surface area contributed by atoms with Crippen LogP contribution in [0.3, 0.4) is 0 Å². The second kappa shape index (κ2) is 6.82. The average molecular weight is 343 g/mol. The summed E-state index contributed by atoms with van der Waals surface area (Å²) in [5.74, 6) is 0.381. The van der Waals surface area contributed by atoms with Crippen LogP contribution >= 0.6 is 0 Å². The van der Waals surface area contributed by atoms with Gasteiger partial charge >= 0.3 is 5.63 Å². The molecule has 0 N–H and O–H groups in total. The fraction of sp³-hybridized carbons (Fsp3) is 0.400. The van der Waals surface area contributed by atoms with E-state index in [1.165, 1.54) is 6.07 Å². The van der Waals surface area contributed by atoms with Crippen molar-refractivity contribution in [3.8, 4) is 0 Å². The van der Waals surface area contributed by atoms with Gasteiger partial charge in [0.25, 0.3) is 5.91 Å². The van der Waals surface area contributed by atoms with Gasteiger partial charge in [0.15, 0.2) is 0 Å². The highest BCUT2D eigenvalue weighted by Crippen LogP contribution is 2.24. The molecule has 3 rings (SSSR count). The van der Waals surface area contributed by atoms with Crippen molar-refractivity contribution in [1.82, 2.24) is 4.90 Å². The van der Waals surface area contributed by atoms with E-state index in [0.717, 1.165) is 18.4 Å². The van der Waals surface area contributed by atoms with Gasteiger partial charge in [-0.05, 0) is 62.3 Å². The van der Waals surface area contributed by atoms with Crippen molar-refractivity contribution in [2.75, 3.05) is 13.1 Å². The van der Waals surface area contributed by atoms with Crippen LogP contribution in [0.5, 0.6) is 0 Å². The Labute approximate surface area is 146 Å². The van der Waals surface area contributed by atoms with Crippen LogP contribution < -0.4 is 5.63 Å². The number of benzene rings is 1. The molecular formula is C20H22FNO3. The number of halogens is 1. The van der Waals surface area contributed by atoms with Gasteiger partial charge in [-0.25, -0.2) is 9.18 Å². The topological polar surface area (TPSA) is 50.5 Å². The maximum absolute atomic E-state index is 13.7. The van der Waals surface area contributed by atoms with E-state index in [1.54, 1.807) is 37.8 Å². The summed E-state index contributed by atoms with van der Waals surface area (Å²) in [6.07, 6.45) is 1.64. The summed E-state index contributed by atoms with van der Waals surface area (Å²) in [4.78, 5) is 26.0. The fourth-order valence-electron chi connectivity index (χ4n) is 3.52. The lowest BCUT2D eigenvalue weighted by Crippen LogP contribution is -2.30. The largest absolute Gasteiger partial charge is 0.427 e. The predicted octanol–water partition coefficient (Wildman–Crippen LogP) is 3.41. The van der Waals surface area contributed by atoms with Gasteiger partial charge in [-0.1, -0.05) is 12.1 Å². The second-order valence-electron chi connectivity index (χ2n) is 6.87. The lowest BCUT2D eigenvalue weighted by atomic mass is 9.98. The Morgan fingerprint density at radius 3 is 2.68 bits per heavy atom. The van der Waals surface area contributed by atoms with E-state index in [1.807, 2.05) is 6.07 Å². The van der Waals surface area contributed by atoms with Crippen molar-refractivity contribution in [3.63, 3.8) is 0 Å². The molecule has 1 aromatic heterocycles. The lowest BCUT2D eigenvalue weighted by molar-refractivity contribution is 0.0782. The third-order valence-corrected chi connectivity index (χ3v) is 4.88. The molecule has 2 aromatic rings. The molecule has 0 radical (unpaired) electrons. The first kappa shape index (κ1) is 17.4. The monoisotopic (exact) mass is 343 g/mol. The molecule has 0 saturated carbocycles. The number of carbonyl (C=O) groups excluding carboxylic acids is 1. The summed E-state index contributed by atoms with van der Waals surface area (Å²) in [5.41, 5.74) is 2.28. The third-order valence-electron chi connectivity index (χ3n) is 4.88. The first-order valence-electron chi connectivity index (χ1n) is 8.51. The lowest BCUT2D eigenvalue weighted by Gasteiger charge is -2.18. The zero-order valence-electron chi connectivity index (χ0n) is 14.8. The molecule has 25 heavy (non-hydrogen) atoms. The molecule has 4 nitrogen and oxygen atoms in total. The smallest absolute Gasteiger partial charge is 0.336 e. The number of aryl methyl sites for hydroxylation is 3. The highest BCUT2D eigenvalue weighted by atomic mass is 19.1. The molecule has 1 aliphatic heterocycles. The van der Waals surface area contributed by atoms with Gasteiger partial charge in [0.1, 0.15) is 11.6 Å². The quantitative estimate of drug-likeness (QED) is 0.858. The van der Waals surface area contributed by atoms with Crippen LogP contribution in [0, 0.1) is 32.5 Å². The summed E-state index contributed by atoms with van der Waals surface area (Å²) in [7, 11) is 0. The van der Waals surface area contributed by atoms with Gasteiger partial charge in [0, 0.05) is 19.2 Å². The zero-order chi connectivity index (χ0) is 18.1. The van der Waals surface area contributed by atoms with E-state index in [2.05, 4.69) is 0 Å². The van der Waals surface area contributed by atoms with Gasteiger partial charge in [-0.3, -0.25) is 4.79 Å². The highest BCUT2D eigenvalue weighted by Gasteiger charge is 2.29. The van der Waals surface area contributed by atoms with E-state index in [-0.39, 0.29) is 11.7 Å². The summed E-state index contributed by atoms with van der Waals surface area (Å²) in [6, 6.07) is 6.67. The number of hydrogen-bond acceptors (Lipinski definition) is 3. The van der Waals surface area contributed by atoms with E-state index in [0.29, 0.717) is 41.5 Å². The Morgan fingerprint density at radius 2 is 2.00 bits per heavy atom. The molecular weight excluding hydrogens is 321 g/mol. The molecule has 1 atom stereocenters. The van der Waals surface area contributed by atoms with E-state index in [9.17, 15) is 14.0 Å². The number of likely N-dealkylation sites (tertiary alicyclic amines) is 1. The van der Waals surface area contributed by atoms with E-state index >= 15 is 0 Å². The summed E-state index contributed by atoms with van der Waals surface area (Å²) >= 11 is 0. The van der Waals surface area contributed by atoms with Crippen LogP contribution in [0.15, 0.2) is 33.5 Å².